The van der Waals surface area contributed by atoms with Crippen molar-refractivity contribution in [1.82, 2.24) is 10.6 Å². The van der Waals surface area contributed by atoms with Crippen LogP contribution in [0.4, 0.5) is 21.9 Å². The summed E-state index contributed by atoms with van der Waals surface area (Å²) in [4.78, 5) is 45.4. The molecule has 3 rings (SSSR count). The zero-order valence-corrected chi connectivity index (χ0v) is 14.8. The third-order valence-corrected chi connectivity index (χ3v) is 4.34. The van der Waals surface area contributed by atoms with Gasteiger partial charge in [-0.1, -0.05) is 24.8 Å². The van der Waals surface area contributed by atoms with Gasteiger partial charge in [0.25, 0.3) is 11.4 Å². The summed E-state index contributed by atoms with van der Waals surface area (Å²) >= 11 is 0. The highest BCUT2D eigenvalue weighted by molar-refractivity contribution is 5.97. The molecule has 0 aliphatic carbocycles. The number of carbonyl (C=O) groups is 2. The van der Waals surface area contributed by atoms with Gasteiger partial charge in [0.15, 0.2) is 0 Å². The predicted octanol–water partition coefficient (Wildman–Crippen LogP) is 2.63. The Morgan fingerprint density at radius 1 is 1.03 bits per heavy atom. The molecule has 29 heavy (non-hydrogen) atoms. The molecule has 11 nitrogen and oxygen atoms in total. The second-order valence-corrected chi connectivity index (χ2v) is 6.22. The van der Waals surface area contributed by atoms with E-state index < -0.39 is 33.7 Å². The summed E-state index contributed by atoms with van der Waals surface area (Å²) in [7, 11) is 0. The van der Waals surface area contributed by atoms with Crippen molar-refractivity contribution in [2.24, 2.45) is 5.92 Å². The number of non-ortho nitro benzene ring substituents is 2. The predicted molar refractivity (Wildman–Crippen MR) is 102 cm³/mol. The second-order valence-electron chi connectivity index (χ2n) is 6.22. The summed E-state index contributed by atoms with van der Waals surface area (Å²) in [5.41, 5.74) is 0.469. The number of nitro benzene ring substituents is 2. The van der Waals surface area contributed by atoms with E-state index in [0.29, 0.717) is 5.56 Å². The molecular formula is C18H15N5O6. The minimum atomic E-state index is -0.964. The van der Waals surface area contributed by atoms with Gasteiger partial charge in [0.2, 0.25) is 5.91 Å². The summed E-state index contributed by atoms with van der Waals surface area (Å²) in [6.07, 6.45) is 0. The molecule has 0 bridgehead atoms. The van der Waals surface area contributed by atoms with E-state index in [0.717, 1.165) is 0 Å². The van der Waals surface area contributed by atoms with Gasteiger partial charge in [0, 0.05) is 35.6 Å². The molecule has 0 aromatic heterocycles. The van der Waals surface area contributed by atoms with E-state index in [4.69, 9.17) is 0 Å². The van der Waals surface area contributed by atoms with Crippen molar-refractivity contribution in [3.05, 3.63) is 86.6 Å². The van der Waals surface area contributed by atoms with Crippen LogP contribution in [0, 0.1) is 26.1 Å². The molecule has 2 aromatic rings. The minimum Gasteiger partial charge on any atom is -0.330 e. The number of nitro groups is 2. The van der Waals surface area contributed by atoms with Gasteiger partial charge in [-0.3, -0.25) is 25.0 Å². The summed E-state index contributed by atoms with van der Waals surface area (Å²) in [6.45, 7) is 3.73. The van der Waals surface area contributed by atoms with Crippen LogP contribution >= 0.6 is 0 Å². The van der Waals surface area contributed by atoms with Crippen molar-refractivity contribution in [3.8, 4) is 0 Å². The SMILES string of the molecule is C=C1NC(=O)N[C@@H](c2ccc([N+](=O)[O-])cc2)[C@@H]1C(=O)Nc1cccc([N+](=O)[O-])c1. The number of rotatable bonds is 5. The van der Waals surface area contributed by atoms with E-state index in [1.165, 1.54) is 48.5 Å². The number of benzene rings is 2. The zero-order valence-electron chi connectivity index (χ0n) is 14.8. The van der Waals surface area contributed by atoms with Crippen molar-refractivity contribution in [2.75, 3.05) is 5.32 Å². The van der Waals surface area contributed by atoms with Crippen molar-refractivity contribution >= 4 is 29.0 Å². The quantitative estimate of drug-likeness (QED) is 0.520. The Kier molecular flexibility index (Phi) is 5.21. The Morgan fingerprint density at radius 3 is 2.31 bits per heavy atom. The van der Waals surface area contributed by atoms with Gasteiger partial charge in [-0.2, -0.15) is 0 Å². The van der Waals surface area contributed by atoms with Crippen molar-refractivity contribution < 1.29 is 19.4 Å². The molecule has 3 amide bonds. The van der Waals surface area contributed by atoms with Gasteiger partial charge < -0.3 is 16.0 Å². The lowest BCUT2D eigenvalue weighted by Crippen LogP contribution is -2.51. The smallest absolute Gasteiger partial charge is 0.319 e. The number of carbonyl (C=O) groups excluding carboxylic acids is 2. The highest BCUT2D eigenvalue weighted by Crippen LogP contribution is 2.31. The lowest BCUT2D eigenvalue weighted by molar-refractivity contribution is -0.385. The van der Waals surface area contributed by atoms with E-state index in [-0.39, 0.29) is 22.8 Å². The van der Waals surface area contributed by atoms with Crippen molar-refractivity contribution in [1.29, 1.82) is 0 Å². The van der Waals surface area contributed by atoms with Gasteiger partial charge in [-0.05, 0) is 11.6 Å². The largest absolute Gasteiger partial charge is 0.330 e. The molecule has 1 fully saturated rings. The first-order valence-electron chi connectivity index (χ1n) is 8.32. The van der Waals surface area contributed by atoms with Gasteiger partial charge >= 0.3 is 6.03 Å². The fourth-order valence-corrected chi connectivity index (χ4v) is 2.99. The fraction of sp³-hybridized carbons (Fsp3) is 0.111. The highest BCUT2D eigenvalue weighted by Gasteiger charge is 2.38. The molecule has 3 N–H and O–H groups in total. The molecule has 1 heterocycles. The maximum atomic E-state index is 12.9. The fourth-order valence-electron chi connectivity index (χ4n) is 2.99. The monoisotopic (exact) mass is 397 g/mol. The molecule has 1 aliphatic rings. The Morgan fingerprint density at radius 2 is 1.69 bits per heavy atom. The average Bonchev–Trinajstić information content (AvgIpc) is 2.67. The molecule has 1 aliphatic heterocycles. The number of hydrogen-bond donors (Lipinski definition) is 3. The van der Waals surface area contributed by atoms with E-state index in [1.807, 2.05) is 0 Å². The van der Waals surface area contributed by atoms with Gasteiger partial charge in [-0.15, -0.1) is 0 Å². The first-order valence-corrected chi connectivity index (χ1v) is 8.32. The second kappa shape index (κ2) is 7.76. The van der Waals surface area contributed by atoms with Crippen LogP contribution in [0.2, 0.25) is 0 Å². The minimum absolute atomic E-state index is 0.125. The first kappa shape index (κ1) is 19.5. The van der Waals surface area contributed by atoms with Crippen molar-refractivity contribution in [3.63, 3.8) is 0 Å². The van der Waals surface area contributed by atoms with Crippen LogP contribution in [-0.2, 0) is 4.79 Å². The third-order valence-electron chi connectivity index (χ3n) is 4.34. The average molecular weight is 397 g/mol. The van der Waals surface area contributed by atoms with Gasteiger partial charge in [0.1, 0.15) is 5.92 Å². The number of nitrogens with zero attached hydrogens (tertiary/aromatic N) is 2. The molecule has 2 atom stereocenters. The highest BCUT2D eigenvalue weighted by atomic mass is 16.6. The lowest BCUT2D eigenvalue weighted by Gasteiger charge is -2.33. The van der Waals surface area contributed by atoms with Crippen LogP contribution in [0.5, 0.6) is 0 Å². The number of anilines is 1. The molecule has 2 aromatic carbocycles. The molecule has 0 saturated carbocycles. The molecule has 11 heteroatoms. The van der Waals surface area contributed by atoms with Crippen LogP contribution in [0.3, 0.4) is 0 Å². The summed E-state index contributed by atoms with van der Waals surface area (Å²) < 4.78 is 0. The number of amides is 3. The maximum Gasteiger partial charge on any atom is 0.319 e. The molecular weight excluding hydrogens is 382 g/mol. The Labute approximate surface area is 163 Å². The molecule has 0 radical (unpaired) electrons. The first-order chi connectivity index (χ1) is 13.8. The summed E-state index contributed by atoms with van der Waals surface area (Å²) in [5.74, 6) is -1.53. The van der Waals surface area contributed by atoms with E-state index in [9.17, 15) is 29.8 Å². The topological polar surface area (TPSA) is 157 Å². The van der Waals surface area contributed by atoms with E-state index in [2.05, 4.69) is 22.5 Å². The Bertz CT molecular complexity index is 1020. The summed E-state index contributed by atoms with van der Waals surface area (Å²) in [5, 5.41) is 29.4. The Balaban J connectivity index is 1.89. The lowest BCUT2D eigenvalue weighted by atomic mass is 9.88. The molecule has 148 valence electrons. The maximum absolute atomic E-state index is 12.9. The van der Waals surface area contributed by atoms with E-state index in [1.54, 1.807) is 0 Å². The third kappa shape index (κ3) is 4.18. The molecule has 1 saturated heterocycles. The van der Waals surface area contributed by atoms with Crippen molar-refractivity contribution in [2.45, 2.75) is 6.04 Å². The molecule has 0 unspecified atom stereocenters. The normalized spacial score (nSPS) is 18.3. The standard InChI is InChI=1S/C18H15N5O6/c1-10-15(17(24)20-12-3-2-4-14(9-12)23(28)29)16(21-18(25)19-10)11-5-7-13(8-6-11)22(26)27/h2-9,15-16H,1H2,(H,20,24)(H2,19,21,25)/t15-,16+/m1/s1. The zero-order chi connectivity index (χ0) is 21.1. The van der Waals surface area contributed by atoms with Crippen LogP contribution < -0.4 is 16.0 Å². The number of hydrogen-bond acceptors (Lipinski definition) is 6. The summed E-state index contributed by atoms with van der Waals surface area (Å²) in [6, 6.07) is 9.41. The van der Waals surface area contributed by atoms with Crippen LogP contribution in [-0.4, -0.2) is 21.8 Å². The molecule has 0 spiro atoms. The van der Waals surface area contributed by atoms with Crippen LogP contribution in [0.1, 0.15) is 11.6 Å². The van der Waals surface area contributed by atoms with Gasteiger partial charge in [0.05, 0.1) is 15.9 Å². The number of urea groups is 1. The van der Waals surface area contributed by atoms with Gasteiger partial charge in [-0.25, -0.2) is 4.79 Å². The number of nitrogens with one attached hydrogen (secondary N) is 3. The van der Waals surface area contributed by atoms with E-state index >= 15 is 0 Å². The van der Waals surface area contributed by atoms with Crippen LogP contribution in [0.25, 0.3) is 0 Å². The Hall–Kier alpha value is -4.28. The van der Waals surface area contributed by atoms with Crippen LogP contribution in [0.15, 0.2) is 60.8 Å².